The van der Waals surface area contributed by atoms with E-state index in [1.54, 1.807) is 0 Å². The van der Waals surface area contributed by atoms with Gasteiger partial charge in [0.05, 0.1) is 12.1 Å². The molecule has 1 N–H and O–H groups in total. The zero-order chi connectivity index (χ0) is 16.7. The van der Waals surface area contributed by atoms with Gasteiger partial charge in [-0.2, -0.15) is 0 Å². The van der Waals surface area contributed by atoms with Crippen LogP contribution < -0.4 is 0 Å². The van der Waals surface area contributed by atoms with Crippen LogP contribution in [0.4, 0.5) is 0 Å². The van der Waals surface area contributed by atoms with Crippen LogP contribution in [0.15, 0.2) is 42.7 Å². The molecule has 1 aromatic carbocycles. The number of benzene rings is 1. The minimum atomic E-state index is -0.282. The fourth-order valence-corrected chi connectivity index (χ4v) is 4.56. The number of rotatable bonds is 3. The van der Waals surface area contributed by atoms with E-state index >= 15 is 0 Å². The molecule has 1 aliphatic carbocycles. The van der Waals surface area contributed by atoms with E-state index in [0.717, 1.165) is 30.8 Å². The predicted octanol–water partition coefficient (Wildman–Crippen LogP) is 3.20. The Morgan fingerprint density at radius 3 is 2.50 bits per heavy atom. The molecule has 4 nitrogen and oxygen atoms in total. The zero-order valence-corrected chi connectivity index (χ0v) is 14.5. The summed E-state index contributed by atoms with van der Waals surface area (Å²) in [6.07, 6.45) is 5.56. The maximum Gasteiger partial charge on any atom is 0.140 e. The highest BCUT2D eigenvalue weighted by Gasteiger charge is 2.43. The van der Waals surface area contributed by atoms with E-state index in [2.05, 4.69) is 40.4 Å². The second-order valence-electron chi connectivity index (χ2n) is 7.70. The van der Waals surface area contributed by atoms with E-state index in [-0.39, 0.29) is 12.1 Å². The second-order valence-corrected chi connectivity index (χ2v) is 7.70. The molecule has 128 valence electrons. The Bertz CT molecular complexity index is 681. The number of nitrogens with zero attached hydrogens (tertiary/aromatic N) is 3. The number of hydrogen-bond acceptors (Lipinski definition) is 3. The summed E-state index contributed by atoms with van der Waals surface area (Å²) >= 11 is 0. The fraction of sp³-hybridized carbons (Fsp3) is 0.550. The third-order valence-electron chi connectivity index (χ3n) is 5.93. The van der Waals surface area contributed by atoms with Crippen LogP contribution in [0.5, 0.6) is 0 Å². The minimum Gasteiger partial charge on any atom is -0.391 e. The first-order chi connectivity index (χ1) is 11.6. The lowest BCUT2D eigenvalue weighted by atomic mass is 9.77. The quantitative estimate of drug-likeness (QED) is 0.942. The van der Waals surface area contributed by atoms with Crippen molar-refractivity contribution in [3.8, 4) is 11.4 Å². The predicted molar refractivity (Wildman–Crippen MR) is 95.6 cm³/mol. The third kappa shape index (κ3) is 2.78. The number of hydrogen-bond donors (Lipinski definition) is 1. The van der Waals surface area contributed by atoms with E-state index < -0.39 is 0 Å². The molecule has 4 heteroatoms. The van der Waals surface area contributed by atoms with Gasteiger partial charge >= 0.3 is 0 Å². The highest BCUT2D eigenvalue weighted by Crippen LogP contribution is 2.42. The molecule has 4 rings (SSSR count). The Morgan fingerprint density at radius 2 is 1.79 bits per heavy atom. The molecule has 2 aliphatic rings. The van der Waals surface area contributed by atoms with Crippen LogP contribution in [0.3, 0.4) is 0 Å². The molecular weight excluding hydrogens is 298 g/mol. The van der Waals surface area contributed by atoms with Gasteiger partial charge in [-0.15, -0.1) is 0 Å². The summed E-state index contributed by atoms with van der Waals surface area (Å²) in [5.41, 5.74) is 1.12. The van der Waals surface area contributed by atoms with Gasteiger partial charge in [-0.25, -0.2) is 4.98 Å². The van der Waals surface area contributed by atoms with Gasteiger partial charge in [-0.3, -0.25) is 0 Å². The van der Waals surface area contributed by atoms with Gasteiger partial charge in [-0.05, 0) is 38.5 Å². The smallest absolute Gasteiger partial charge is 0.140 e. The van der Waals surface area contributed by atoms with Crippen molar-refractivity contribution in [1.82, 2.24) is 14.5 Å². The molecule has 0 bridgehead atoms. The fourth-order valence-electron chi connectivity index (χ4n) is 4.56. The molecule has 0 amide bonds. The first kappa shape index (κ1) is 15.9. The lowest BCUT2D eigenvalue weighted by Crippen LogP contribution is -2.36. The molecule has 1 saturated heterocycles. The second kappa shape index (κ2) is 6.34. The van der Waals surface area contributed by atoms with Crippen molar-refractivity contribution in [2.24, 2.45) is 11.8 Å². The van der Waals surface area contributed by atoms with Gasteiger partial charge < -0.3 is 14.6 Å². The van der Waals surface area contributed by atoms with Crippen LogP contribution in [0.25, 0.3) is 11.4 Å². The average molecular weight is 325 g/mol. The monoisotopic (exact) mass is 325 g/mol. The Labute approximate surface area is 144 Å². The molecule has 1 aliphatic heterocycles. The Hall–Kier alpha value is -1.65. The van der Waals surface area contributed by atoms with Crippen molar-refractivity contribution in [2.75, 3.05) is 13.1 Å². The van der Waals surface area contributed by atoms with Crippen LogP contribution in [-0.2, 0) is 0 Å². The van der Waals surface area contributed by atoms with Gasteiger partial charge in [0.1, 0.15) is 5.82 Å². The van der Waals surface area contributed by atoms with Crippen molar-refractivity contribution in [2.45, 2.75) is 44.9 Å². The lowest BCUT2D eigenvalue weighted by Gasteiger charge is -2.36. The summed E-state index contributed by atoms with van der Waals surface area (Å²) in [5, 5.41) is 10.8. The molecular formula is C20H27N3O. The van der Waals surface area contributed by atoms with E-state index in [9.17, 15) is 5.11 Å². The first-order valence-corrected chi connectivity index (χ1v) is 9.14. The third-order valence-corrected chi connectivity index (χ3v) is 5.93. The van der Waals surface area contributed by atoms with Crippen LogP contribution in [0.1, 0.15) is 32.7 Å². The normalized spacial score (nSPS) is 30.7. The number of fused-ring (bicyclic) bond motifs is 1. The summed E-state index contributed by atoms with van der Waals surface area (Å²) in [6.45, 7) is 6.85. The SMILES string of the molecule is CC(C)N1C[C@H]2C[C@H](O)[C@@H](n3ccnc3-c3ccccc3)C[C@H]2C1. The van der Waals surface area contributed by atoms with Gasteiger partial charge in [0.25, 0.3) is 0 Å². The number of aliphatic hydroxyl groups excluding tert-OH is 1. The average Bonchev–Trinajstić information content (AvgIpc) is 3.21. The number of imidazole rings is 1. The largest absolute Gasteiger partial charge is 0.391 e. The lowest BCUT2D eigenvalue weighted by molar-refractivity contribution is 0.0365. The van der Waals surface area contributed by atoms with Crippen molar-refractivity contribution < 1.29 is 5.11 Å². The van der Waals surface area contributed by atoms with Crippen molar-refractivity contribution >= 4 is 0 Å². The standard InChI is InChI=1S/C20H27N3O/c1-14(2)22-12-16-10-18(19(24)11-17(16)13-22)23-9-8-21-20(23)15-6-4-3-5-7-15/h3-9,14,16-19,24H,10-13H2,1-2H3/t16-,17+,18-,19-/m0/s1. The first-order valence-electron chi connectivity index (χ1n) is 9.14. The molecule has 24 heavy (non-hydrogen) atoms. The number of aliphatic hydroxyl groups is 1. The Balaban J connectivity index is 1.59. The van der Waals surface area contributed by atoms with E-state index in [1.165, 1.54) is 6.54 Å². The maximum absolute atomic E-state index is 10.8. The highest BCUT2D eigenvalue weighted by molar-refractivity contribution is 5.55. The van der Waals surface area contributed by atoms with Crippen LogP contribution >= 0.6 is 0 Å². The van der Waals surface area contributed by atoms with Gasteiger partial charge in [0.2, 0.25) is 0 Å². The minimum absolute atomic E-state index is 0.135. The van der Waals surface area contributed by atoms with Gasteiger partial charge in [0, 0.05) is 37.1 Å². The van der Waals surface area contributed by atoms with E-state index in [4.69, 9.17) is 0 Å². The maximum atomic E-state index is 10.8. The van der Waals surface area contributed by atoms with Gasteiger partial charge in [0.15, 0.2) is 0 Å². The molecule has 0 unspecified atom stereocenters. The van der Waals surface area contributed by atoms with E-state index in [0.29, 0.717) is 17.9 Å². The van der Waals surface area contributed by atoms with Crippen molar-refractivity contribution in [3.63, 3.8) is 0 Å². The van der Waals surface area contributed by atoms with Crippen LogP contribution in [0.2, 0.25) is 0 Å². The summed E-state index contributed by atoms with van der Waals surface area (Å²) < 4.78 is 2.20. The Kier molecular flexibility index (Phi) is 4.19. The molecule has 0 spiro atoms. The molecule has 2 heterocycles. The molecule has 2 aromatic rings. The number of likely N-dealkylation sites (tertiary alicyclic amines) is 1. The van der Waals surface area contributed by atoms with Crippen LogP contribution in [0, 0.1) is 11.8 Å². The van der Waals surface area contributed by atoms with Crippen molar-refractivity contribution in [3.05, 3.63) is 42.7 Å². The summed E-state index contributed by atoms with van der Waals surface area (Å²) in [7, 11) is 0. The molecule has 1 saturated carbocycles. The topological polar surface area (TPSA) is 41.3 Å². The van der Waals surface area contributed by atoms with Gasteiger partial charge in [-0.1, -0.05) is 30.3 Å². The van der Waals surface area contributed by atoms with E-state index in [1.807, 2.05) is 30.6 Å². The highest BCUT2D eigenvalue weighted by atomic mass is 16.3. The summed E-state index contributed by atoms with van der Waals surface area (Å²) in [5.74, 6) is 2.30. The van der Waals surface area contributed by atoms with Crippen LogP contribution in [-0.4, -0.2) is 44.8 Å². The number of aromatic nitrogens is 2. The van der Waals surface area contributed by atoms with Crippen molar-refractivity contribution in [1.29, 1.82) is 0 Å². The summed E-state index contributed by atoms with van der Waals surface area (Å²) in [6, 6.07) is 11.0. The molecule has 0 radical (unpaired) electrons. The summed E-state index contributed by atoms with van der Waals surface area (Å²) in [4.78, 5) is 7.13. The molecule has 1 aromatic heterocycles. The zero-order valence-electron chi connectivity index (χ0n) is 14.5. The Morgan fingerprint density at radius 1 is 1.08 bits per heavy atom. The molecule has 4 atom stereocenters. The molecule has 2 fully saturated rings.